The first-order chi connectivity index (χ1) is 6.86. The molecule has 0 bridgehead atoms. The molecule has 1 aromatic rings. The molecule has 0 saturated heterocycles. The van der Waals surface area contributed by atoms with Gasteiger partial charge in [0.2, 0.25) is 0 Å². The maximum absolute atomic E-state index is 11.5. The smallest absolute Gasteiger partial charge is 0.265 e. The van der Waals surface area contributed by atoms with E-state index in [1.165, 1.54) is 0 Å². The van der Waals surface area contributed by atoms with Gasteiger partial charge in [-0.05, 0) is 12.1 Å². The summed E-state index contributed by atoms with van der Waals surface area (Å²) in [5.74, 6) is -0.247. The van der Waals surface area contributed by atoms with Crippen LogP contribution in [0.2, 0.25) is 0 Å². The molecule has 0 unspecified atom stereocenters. The molecule has 0 fully saturated rings. The van der Waals surface area contributed by atoms with Crippen LogP contribution in [0.25, 0.3) is 5.57 Å². The van der Waals surface area contributed by atoms with Crippen molar-refractivity contribution in [1.82, 2.24) is 0 Å². The number of fused-ring (bicyclic) bond motifs is 2. The van der Waals surface area contributed by atoms with Gasteiger partial charge in [0, 0.05) is 17.0 Å². The van der Waals surface area contributed by atoms with E-state index in [1.54, 1.807) is 6.20 Å². The first kappa shape index (κ1) is 7.38. The summed E-state index contributed by atoms with van der Waals surface area (Å²) in [7, 11) is 0. The molecular weight excluding hydrogens is 176 g/mol. The van der Waals surface area contributed by atoms with Gasteiger partial charge in [-0.1, -0.05) is 18.2 Å². The quantitative estimate of drug-likeness (QED) is 0.555. The molecule has 3 heteroatoms. The number of aliphatic imine (C=N–C) groups is 1. The molecular formula is C11H6N2O. The average Bonchev–Trinajstić information content (AvgIpc) is 2.67. The minimum Gasteiger partial charge on any atom is -0.265 e. The first-order valence-electron chi connectivity index (χ1n) is 4.33. The van der Waals surface area contributed by atoms with Gasteiger partial charge in [0.15, 0.2) is 0 Å². The van der Waals surface area contributed by atoms with E-state index in [0.29, 0.717) is 5.71 Å². The van der Waals surface area contributed by atoms with Gasteiger partial charge in [0.05, 0.1) is 5.36 Å². The van der Waals surface area contributed by atoms with Crippen LogP contribution in [0.4, 0.5) is 0 Å². The first-order valence-corrected chi connectivity index (χ1v) is 4.33. The van der Waals surface area contributed by atoms with Crippen LogP contribution in [0.5, 0.6) is 0 Å². The topological polar surface area (TPSA) is 41.8 Å². The molecule has 3 nitrogen and oxygen atoms in total. The van der Waals surface area contributed by atoms with Gasteiger partial charge in [0.1, 0.15) is 5.71 Å². The van der Waals surface area contributed by atoms with Crippen molar-refractivity contribution in [2.75, 3.05) is 0 Å². The highest BCUT2D eigenvalue weighted by molar-refractivity contribution is 6.56. The van der Waals surface area contributed by atoms with Crippen molar-refractivity contribution in [1.29, 1.82) is 0 Å². The Balaban J connectivity index is 2.57. The number of nitrogens with zero attached hydrogens (tertiary/aromatic N) is 2. The number of hydrogen-bond donors (Lipinski definition) is 0. The Morgan fingerprint density at radius 2 is 2.00 bits per heavy atom. The van der Waals surface area contributed by atoms with Crippen molar-refractivity contribution in [3.05, 3.63) is 47.1 Å². The van der Waals surface area contributed by atoms with Crippen LogP contribution in [0.3, 0.4) is 0 Å². The fourth-order valence-electron chi connectivity index (χ4n) is 1.68. The molecule has 2 aliphatic rings. The number of para-hydroxylation sites is 1. The highest BCUT2D eigenvalue weighted by atomic mass is 16.1. The van der Waals surface area contributed by atoms with Crippen molar-refractivity contribution in [3.63, 3.8) is 0 Å². The highest BCUT2D eigenvalue weighted by Gasteiger charge is 2.20. The number of hydrogen-bond acceptors (Lipinski definition) is 2. The van der Waals surface area contributed by atoms with Gasteiger partial charge < -0.3 is 0 Å². The second kappa shape index (κ2) is 2.48. The summed E-state index contributed by atoms with van der Waals surface area (Å²) in [6, 6.07) is 7.59. The SMILES string of the molecule is O=C1N=c2ccccc2=C2C=CN=C12. The van der Waals surface area contributed by atoms with Crippen LogP contribution in [0, 0.1) is 0 Å². The Bertz CT molecular complexity index is 608. The van der Waals surface area contributed by atoms with Crippen molar-refractivity contribution in [3.8, 4) is 0 Å². The average molecular weight is 182 g/mol. The van der Waals surface area contributed by atoms with Gasteiger partial charge in [-0.3, -0.25) is 9.79 Å². The number of allylic oxidation sites excluding steroid dienone is 1. The second-order valence-electron chi connectivity index (χ2n) is 3.14. The summed E-state index contributed by atoms with van der Waals surface area (Å²) in [5.41, 5.74) is 1.35. The van der Waals surface area contributed by atoms with Crippen molar-refractivity contribution < 1.29 is 4.79 Å². The summed E-state index contributed by atoms with van der Waals surface area (Å²) in [6.45, 7) is 0. The van der Waals surface area contributed by atoms with Crippen molar-refractivity contribution >= 4 is 17.2 Å². The number of benzene rings is 1. The zero-order valence-electron chi connectivity index (χ0n) is 7.27. The van der Waals surface area contributed by atoms with Crippen LogP contribution in [-0.4, -0.2) is 11.6 Å². The lowest BCUT2D eigenvalue weighted by molar-refractivity contribution is -0.111. The molecule has 0 saturated carbocycles. The Hall–Kier alpha value is -2.03. The minimum absolute atomic E-state index is 0.247. The maximum Gasteiger partial charge on any atom is 0.296 e. The molecule has 3 rings (SSSR count). The predicted molar refractivity (Wildman–Crippen MR) is 52.2 cm³/mol. The third kappa shape index (κ3) is 0.836. The fraction of sp³-hybridized carbons (Fsp3) is 0. The molecule has 1 aromatic carbocycles. The van der Waals surface area contributed by atoms with E-state index in [4.69, 9.17) is 0 Å². The molecule has 2 aliphatic heterocycles. The Morgan fingerprint density at radius 1 is 1.14 bits per heavy atom. The number of rotatable bonds is 0. The summed E-state index contributed by atoms with van der Waals surface area (Å²) in [6.07, 6.45) is 3.49. The summed E-state index contributed by atoms with van der Waals surface area (Å²) in [4.78, 5) is 19.4. The molecule has 1 amide bonds. The lowest BCUT2D eigenvalue weighted by atomic mass is 10.1. The van der Waals surface area contributed by atoms with E-state index in [9.17, 15) is 4.79 Å². The van der Waals surface area contributed by atoms with Gasteiger partial charge in [-0.15, -0.1) is 0 Å². The zero-order chi connectivity index (χ0) is 9.54. The van der Waals surface area contributed by atoms with Gasteiger partial charge >= 0.3 is 0 Å². The maximum atomic E-state index is 11.5. The molecule has 14 heavy (non-hydrogen) atoms. The molecule has 66 valence electrons. The Morgan fingerprint density at radius 3 is 2.93 bits per heavy atom. The largest absolute Gasteiger partial charge is 0.296 e. The Labute approximate surface area is 79.8 Å². The molecule has 2 heterocycles. The molecule has 0 N–H and O–H groups in total. The molecule has 0 spiro atoms. The minimum atomic E-state index is -0.247. The third-order valence-electron chi connectivity index (χ3n) is 2.32. The third-order valence-corrected chi connectivity index (χ3v) is 2.32. The van der Waals surface area contributed by atoms with Crippen LogP contribution in [0.1, 0.15) is 0 Å². The lowest BCUT2D eigenvalue weighted by Crippen LogP contribution is -2.36. The van der Waals surface area contributed by atoms with E-state index in [-0.39, 0.29) is 5.91 Å². The molecule has 0 aliphatic carbocycles. The predicted octanol–water partition coefficient (Wildman–Crippen LogP) is -0.0346. The zero-order valence-corrected chi connectivity index (χ0v) is 7.27. The standard InChI is InChI=1S/C11H6N2O/c14-11-10-8(5-6-12-10)7-3-1-2-4-9(7)13-11/h1-6H. The second-order valence-corrected chi connectivity index (χ2v) is 3.14. The monoisotopic (exact) mass is 182 g/mol. The molecule has 0 radical (unpaired) electrons. The van der Waals surface area contributed by atoms with E-state index < -0.39 is 0 Å². The fourth-order valence-corrected chi connectivity index (χ4v) is 1.68. The number of carbonyl (C=O) groups is 1. The van der Waals surface area contributed by atoms with Crippen molar-refractivity contribution in [2.45, 2.75) is 0 Å². The van der Waals surface area contributed by atoms with E-state index in [0.717, 1.165) is 16.1 Å². The molecule has 0 atom stereocenters. The normalized spacial score (nSPS) is 17.3. The summed E-state index contributed by atoms with van der Waals surface area (Å²) >= 11 is 0. The van der Waals surface area contributed by atoms with Gasteiger partial charge in [-0.25, -0.2) is 4.99 Å². The lowest BCUT2D eigenvalue weighted by Gasteiger charge is -2.03. The summed E-state index contributed by atoms with van der Waals surface area (Å²) < 4.78 is 0. The van der Waals surface area contributed by atoms with Crippen LogP contribution in [-0.2, 0) is 4.79 Å². The number of amides is 1. The molecule has 0 aromatic heterocycles. The highest BCUT2D eigenvalue weighted by Crippen LogP contribution is 2.10. The van der Waals surface area contributed by atoms with Gasteiger partial charge in [-0.2, -0.15) is 0 Å². The van der Waals surface area contributed by atoms with Crippen molar-refractivity contribution in [2.24, 2.45) is 9.98 Å². The van der Waals surface area contributed by atoms with Gasteiger partial charge in [0.25, 0.3) is 5.91 Å². The van der Waals surface area contributed by atoms with Crippen LogP contribution in [0.15, 0.2) is 46.5 Å². The summed E-state index contributed by atoms with van der Waals surface area (Å²) in [5, 5.41) is 1.72. The van der Waals surface area contributed by atoms with Crippen LogP contribution >= 0.6 is 0 Å². The van der Waals surface area contributed by atoms with E-state index in [1.807, 2.05) is 30.3 Å². The van der Waals surface area contributed by atoms with E-state index in [2.05, 4.69) is 9.98 Å². The van der Waals surface area contributed by atoms with Crippen LogP contribution < -0.4 is 10.6 Å². The Kier molecular flexibility index (Phi) is 1.31. The number of carbonyl (C=O) groups excluding carboxylic acids is 1. The van der Waals surface area contributed by atoms with E-state index >= 15 is 0 Å².